The normalized spacial score (nSPS) is 14.1. The first-order chi connectivity index (χ1) is 21.1. The van der Waals surface area contributed by atoms with Crippen molar-refractivity contribution in [2.75, 3.05) is 41.0 Å². The summed E-state index contributed by atoms with van der Waals surface area (Å²) in [5, 5.41) is 11.4. The lowest BCUT2D eigenvalue weighted by Gasteiger charge is -2.34. The molecule has 0 aliphatic rings. The summed E-state index contributed by atoms with van der Waals surface area (Å²) in [5.74, 6) is -1.93. The van der Waals surface area contributed by atoms with Gasteiger partial charge < -0.3 is 28.6 Å². The number of carbonyl (C=O) groups excluding carboxylic acids is 3. The maximum atomic E-state index is 12.4. The molecule has 0 aliphatic heterocycles. The molecule has 0 spiro atoms. The number of rotatable bonds is 26. The molecule has 0 amide bonds. The highest BCUT2D eigenvalue weighted by molar-refractivity contribution is 5.70. The number of hydrogen-bond acceptors (Lipinski definition) is 7. The Labute approximate surface area is 266 Å². The summed E-state index contributed by atoms with van der Waals surface area (Å²) >= 11 is 0. The average molecular weight is 616 g/mol. The molecule has 0 aromatic heterocycles. The van der Waals surface area contributed by atoms with Crippen LogP contribution in [0.4, 0.5) is 0 Å². The maximum Gasteiger partial charge on any atom is 0.306 e. The quantitative estimate of drug-likeness (QED) is 0.0513. The van der Waals surface area contributed by atoms with Crippen LogP contribution in [0.15, 0.2) is 72.9 Å². The van der Waals surface area contributed by atoms with E-state index >= 15 is 0 Å². The summed E-state index contributed by atoms with van der Waals surface area (Å²) < 4.78 is 16.5. The Bertz CT molecular complexity index is 954. The van der Waals surface area contributed by atoms with Crippen LogP contribution >= 0.6 is 0 Å². The fourth-order valence-electron chi connectivity index (χ4n) is 3.90. The van der Waals surface area contributed by atoms with Gasteiger partial charge in [-0.15, -0.1) is 0 Å². The van der Waals surface area contributed by atoms with Gasteiger partial charge in [-0.1, -0.05) is 86.8 Å². The molecule has 0 radical (unpaired) electrons. The Balaban J connectivity index is 4.34. The number of ether oxygens (including phenoxy) is 3. The molecule has 248 valence electrons. The molecule has 2 atom stereocenters. The number of carboxylic acid groups (broad SMARTS) is 1. The second-order valence-corrected chi connectivity index (χ2v) is 11.3. The number of carboxylic acids is 1. The summed E-state index contributed by atoms with van der Waals surface area (Å²) in [6.45, 7) is 4.05. The van der Waals surface area contributed by atoms with Crippen LogP contribution in [0.5, 0.6) is 0 Å². The molecule has 0 bridgehead atoms. The lowest BCUT2D eigenvalue weighted by molar-refractivity contribution is -0.889. The summed E-state index contributed by atoms with van der Waals surface area (Å²) in [6.07, 6.45) is 32.4. The van der Waals surface area contributed by atoms with Crippen LogP contribution in [-0.2, 0) is 28.6 Å². The van der Waals surface area contributed by atoms with Gasteiger partial charge in [0.15, 0.2) is 6.10 Å². The van der Waals surface area contributed by atoms with Gasteiger partial charge >= 0.3 is 11.9 Å². The topological polar surface area (TPSA) is 102 Å². The summed E-state index contributed by atoms with van der Waals surface area (Å²) in [4.78, 5) is 35.6. The lowest BCUT2D eigenvalue weighted by Crippen LogP contribution is -2.55. The molecule has 0 heterocycles. The fourth-order valence-corrected chi connectivity index (χ4v) is 3.90. The Morgan fingerprint density at radius 1 is 0.682 bits per heavy atom. The van der Waals surface area contributed by atoms with Crippen molar-refractivity contribution in [3.63, 3.8) is 0 Å². The van der Waals surface area contributed by atoms with Crippen molar-refractivity contribution in [2.24, 2.45) is 0 Å². The van der Waals surface area contributed by atoms with Crippen LogP contribution in [-0.4, -0.2) is 75.5 Å². The summed E-state index contributed by atoms with van der Waals surface area (Å²) in [7, 11) is 5.32. The van der Waals surface area contributed by atoms with Crippen molar-refractivity contribution >= 4 is 17.9 Å². The van der Waals surface area contributed by atoms with Crippen molar-refractivity contribution in [2.45, 2.75) is 96.6 Å². The van der Waals surface area contributed by atoms with Crippen LogP contribution in [0.1, 0.15) is 84.5 Å². The standard InChI is InChI=1S/C36H57NO7/c1-6-8-9-10-11-12-13-14-15-16-17-18-19-20-21-22-23-24-25-27-35(39)44-32(31-43-34(38)26-7-2)30-42-29-28-33(36(40)41)37(3,4)5/h8-9,11-12,14-15,17-18,20-21,23-24,32-33H,6-7,10,13,16,19,22,25-31H2,1-5H3/b9-8-,12-11-,15-14-,18-17-,21-20-,24-23-. The predicted octanol–water partition coefficient (Wildman–Crippen LogP) is 5.95. The molecule has 0 aliphatic carbocycles. The van der Waals surface area contributed by atoms with E-state index in [-0.39, 0.29) is 49.5 Å². The molecule has 8 nitrogen and oxygen atoms in total. The molecule has 0 saturated carbocycles. The Morgan fingerprint density at radius 2 is 1.18 bits per heavy atom. The van der Waals surface area contributed by atoms with Gasteiger partial charge in [-0.05, 0) is 51.4 Å². The highest BCUT2D eigenvalue weighted by atomic mass is 16.6. The zero-order valence-electron chi connectivity index (χ0n) is 27.8. The third kappa shape index (κ3) is 25.3. The number of quaternary nitrogens is 1. The van der Waals surface area contributed by atoms with Gasteiger partial charge in [0.25, 0.3) is 0 Å². The van der Waals surface area contributed by atoms with Crippen LogP contribution in [0.25, 0.3) is 0 Å². The van der Waals surface area contributed by atoms with Gasteiger partial charge in [0.05, 0.1) is 40.3 Å². The smallest absolute Gasteiger partial charge is 0.306 e. The second-order valence-electron chi connectivity index (χ2n) is 11.3. The van der Waals surface area contributed by atoms with Crippen LogP contribution < -0.4 is 5.11 Å². The Kier molecular flexibility index (Phi) is 25.3. The number of likely N-dealkylation sites (N-methyl/N-ethyl adjacent to an activating group) is 1. The number of carbonyl (C=O) groups is 3. The molecular formula is C36H57NO7. The van der Waals surface area contributed by atoms with E-state index in [1.54, 1.807) is 21.1 Å². The van der Waals surface area contributed by atoms with Crippen molar-refractivity contribution in [3.8, 4) is 0 Å². The minimum Gasteiger partial charge on any atom is -0.544 e. The van der Waals surface area contributed by atoms with E-state index in [9.17, 15) is 19.5 Å². The third-order valence-corrected chi connectivity index (χ3v) is 6.34. The van der Waals surface area contributed by atoms with E-state index in [1.165, 1.54) is 0 Å². The van der Waals surface area contributed by atoms with E-state index in [1.807, 2.05) is 19.1 Å². The van der Waals surface area contributed by atoms with Crippen molar-refractivity contribution < 1.29 is 38.2 Å². The monoisotopic (exact) mass is 615 g/mol. The average Bonchev–Trinajstić information content (AvgIpc) is 2.96. The van der Waals surface area contributed by atoms with E-state index < -0.39 is 24.1 Å². The molecule has 0 rings (SSSR count). The Morgan fingerprint density at radius 3 is 1.64 bits per heavy atom. The van der Waals surface area contributed by atoms with Gasteiger partial charge in [0, 0.05) is 19.3 Å². The number of nitrogens with zero attached hydrogens (tertiary/aromatic N) is 1. The summed E-state index contributed by atoms with van der Waals surface area (Å²) in [6, 6.07) is -0.736. The van der Waals surface area contributed by atoms with E-state index in [2.05, 4.69) is 67.7 Å². The first-order valence-electron chi connectivity index (χ1n) is 16.0. The van der Waals surface area contributed by atoms with E-state index in [0.717, 1.165) is 38.5 Å². The van der Waals surface area contributed by atoms with Crippen molar-refractivity contribution in [1.82, 2.24) is 0 Å². The second kappa shape index (κ2) is 27.3. The predicted molar refractivity (Wildman–Crippen MR) is 175 cm³/mol. The molecule has 0 fully saturated rings. The van der Waals surface area contributed by atoms with Gasteiger partial charge in [-0.2, -0.15) is 0 Å². The lowest BCUT2D eigenvalue weighted by atomic mass is 10.1. The Hall–Kier alpha value is -3.23. The zero-order valence-corrected chi connectivity index (χ0v) is 27.8. The minimum atomic E-state index is -1.15. The third-order valence-electron chi connectivity index (χ3n) is 6.34. The van der Waals surface area contributed by atoms with Crippen molar-refractivity contribution in [3.05, 3.63) is 72.9 Å². The molecule has 44 heavy (non-hydrogen) atoms. The first-order valence-corrected chi connectivity index (χ1v) is 16.0. The van der Waals surface area contributed by atoms with Gasteiger partial charge in [0.1, 0.15) is 12.6 Å². The molecule has 8 heteroatoms. The maximum absolute atomic E-state index is 12.4. The molecule has 2 unspecified atom stereocenters. The SMILES string of the molecule is CC/C=C\C/C=C\C/C=C\C/C=C\C/C=C\C/C=C\CCC(=O)OC(COCCC(C(=O)[O-])[N+](C)(C)C)COC(=O)CCC. The first kappa shape index (κ1) is 40.8. The number of hydrogen-bond donors (Lipinski definition) is 0. The number of aliphatic carboxylic acids is 1. The molecule has 0 N–H and O–H groups in total. The molecule has 0 aromatic rings. The highest BCUT2D eigenvalue weighted by Gasteiger charge is 2.25. The largest absolute Gasteiger partial charge is 0.544 e. The van der Waals surface area contributed by atoms with E-state index in [4.69, 9.17) is 14.2 Å². The summed E-state index contributed by atoms with van der Waals surface area (Å²) in [5.41, 5.74) is 0. The molecular weight excluding hydrogens is 558 g/mol. The van der Waals surface area contributed by atoms with E-state index in [0.29, 0.717) is 12.8 Å². The van der Waals surface area contributed by atoms with Crippen molar-refractivity contribution in [1.29, 1.82) is 0 Å². The van der Waals surface area contributed by atoms with Crippen LogP contribution in [0.3, 0.4) is 0 Å². The van der Waals surface area contributed by atoms with Gasteiger partial charge in [0.2, 0.25) is 0 Å². The molecule has 0 saturated heterocycles. The zero-order chi connectivity index (χ0) is 32.9. The number of allylic oxidation sites excluding steroid dienone is 12. The van der Waals surface area contributed by atoms with Crippen LogP contribution in [0.2, 0.25) is 0 Å². The van der Waals surface area contributed by atoms with Crippen LogP contribution in [0, 0.1) is 0 Å². The number of esters is 2. The molecule has 0 aromatic carbocycles. The fraction of sp³-hybridized carbons (Fsp3) is 0.583. The van der Waals surface area contributed by atoms with Gasteiger partial charge in [-0.25, -0.2) is 0 Å². The minimum absolute atomic E-state index is 0.00195. The van der Waals surface area contributed by atoms with Gasteiger partial charge in [-0.3, -0.25) is 9.59 Å². The highest BCUT2D eigenvalue weighted by Crippen LogP contribution is 2.09.